The molecule has 1 atom stereocenters. The van der Waals surface area contributed by atoms with E-state index in [0.29, 0.717) is 5.82 Å². The summed E-state index contributed by atoms with van der Waals surface area (Å²) in [5.74, 6) is 0.704. The van der Waals surface area contributed by atoms with Crippen LogP contribution in [0.2, 0.25) is 0 Å². The molecule has 76 valence electrons. The summed E-state index contributed by atoms with van der Waals surface area (Å²) in [4.78, 5) is 3.93. The highest BCUT2D eigenvalue weighted by Crippen LogP contribution is 2.05. The second-order valence-electron chi connectivity index (χ2n) is 2.32. The first-order valence-corrected chi connectivity index (χ1v) is 3.52. The quantitative estimate of drug-likeness (QED) is 0.741. The van der Waals surface area contributed by atoms with E-state index in [1.807, 2.05) is 13.2 Å². The van der Waals surface area contributed by atoms with Gasteiger partial charge in [0.2, 0.25) is 0 Å². The number of nitrogens with zero attached hydrogens (tertiary/aromatic N) is 2. The molecule has 1 unspecified atom stereocenters. The first-order valence-electron chi connectivity index (χ1n) is 3.52. The number of aryl methyl sites for hydroxylation is 1. The Labute approximate surface area is 73.8 Å². The summed E-state index contributed by atoms with van der Waals surface area (Å²) in [5, 5.41) is 9.01. The van der Waals surface area contributed by atoms with Crippen LogP contribution >= 0.6 is 0 Å². The fraction of sp³-hybridized carbons (Fsp3) is 0.571. The van der Waals surface area contributed by atoms with Crippen molar-refractivity contribution in [1.82, 2.24) is 9.55 Å². The van der Waals surface area contributed by atoms with Gasteiger partial charge in [0.25, 0.3) is 0 Å². The van der Waals surface area contributed by atoms with Gasteiger partial charge in [0.05, 0.1) is 0 Å². The molecule has 0 aromatic carbocycles. The lowest BCUT2D eigenvalue weighted by molar-refractivity contribution is 0.00819. The minimum Gasteiger partial charge on any atom is -0.385 e. The molecule has 0 aliphatic rings. The highest BCUT2D eigenvalue weighted by Gasteiger charge is 2.03. The molecule has 0 fully saturated rings. The molecule has 1 aromatic rings. The van der Waals surface area contributed by atoms with Crippen LogP contribution in [0.3, 0.4) is 0 Å². The number of halogens is 3. The molecule has 0 amide bonds. The Bertz CT molecular complexity index is 235. The van der Waals surface area contributed by atoms with E-state index in [9.17, 15) is 13.2 Å². The van der Waals surface area contributed by atoms with Gasteiger partial charge in [0, 0.05) is 19.4 Å². The third-order valence-corrected chi connectivity index (χ3v) is 1.23. The van der Waals surface area contributed by atoms with Crippen LogP contribution in [0, 0.1) is 0 Å². The van der Waals surface area contributed by atoms with E-state index in [2.05, 4.69) is 4.98 Å². The zero-order valence-electron chi connectivity index (χ0n) is 7.28. The van der Waals surface area contributed by atoms with E-state index in [0.717, 1.165) is 0 Å². The van der Waals surface area contributed by atoms with E-state index in [-0.39, 0.29) is 0 Å². The molecule has 0 radical (unpaired) electrons. The Hall–Kier alpha value is -1.04. The Balaban J connectivity index is 0.000000310. The fourth-order valence-corrected chi connectivity index (χ4v) is 0.780. The van der Waals surface area contributed by atoms with Crippen LogP contribution in [0.5, 0.6) is 0 Å². The van der Waals surface area contributed by atoms with Gasteiger partial charge in [-0.1, -0.05) is 0 Å². The van der Waals surface area contributed by atoms with E-state index < -0.39 is 12.8 Å². The summed E-state index contributed by atoms with van der Waals surface area (Å²) in [6, 6.07) is 0. The van der Waals surface area contributed by atoms with Crippen molar-refractivity contribution in [1.29, 1.82) is 0 Å². The normalized spacial score (nSPS) is 12.2. The Morgan fingerprint density at radius 3 is 2.08 bits per heavy atom. The van der Waals surface area contributed by atoms with Gasteiger partial charge in [0.15, 0.2) is 0 Å². The monoisotopic (exact) mass is 196 g/mol. The summed E-state index contributed by atoms with van der Waals surface area (Å²) < 4.78 is 30.8. The van der Waals surface area contributed by atoms with Crippen LogP contribution in [0.1, 0.15) is 18.9 Å². The summed E-state index contributed by atoms with van der Waals surface area (Å²) >= 11 is 0. The number of aromatic nitrogens is 2. The van der Waals surface area contributed by atoms with Gasteiger partial charge in [-0.2, -0.15) is 13.2 Å². The molecule has 1 heterocycles. The maximum Gasteiger partial charge on any atom is 0.379 e. The highest BCUT2D eigenvalue weighted by atomic mass is 19.4. The zero-order chi connectivity index (χ0) is 10.4. The van der Waals surface area contributed by atoms with Crippen LogP contribution in [0.25, 0.3) is 0 Å². The minimum atomic E-state index is -3.67. The third-order valence-electron chi connectivity index (χ3n) is 1.23. The van der Waals surface area contributed by atoms with E-state index in [1.165, 1.54) is 0 Å². The topological polar surface area (TPSA) is 38.1 Å². The predicted molar refractivity (Wildman–Crippen MR) is 41.0 cm³/mol. The molecule has 0 spiro atoms. The lowest BCUT2D eigenvalue weighted by Crippen LogP contribution is -2.00. The van der Waals surface area contributed by atoms with Gasteiger partial charge in [-0.15, -0.1) is 0 Å². The summed E-state index contributed by atoms with van der Waals surface area (Å²) in [7, 11) is 1.86. The fourth-order valence-electron chi connectivity index (χ4n) is 0.780. The lowest BCUT2D eigenvalue weighted by atomic mass is 10.4. The number of imidazole rings is 1. The molecule has 1 N–H and O–H groups in total. The number of hydrogen-bond donors (Lipinski definition) is 1. The summed E-state index contributed by atoms with van der Waals surface area (Å²) in [6.07, 6.45) is 3.01. The van der Waals surface area contributed by atoms with Gasteiger partial charge in [-0.05, 0) is 6.92 Å². The molecule has 0 aliphatic carbocycles. The number of alkyl halides is 3. The number of hydrogen-bond acceptors (Lipinski definition) is 2. The molecule has 3 nitrogen and oxygen atoms in total. The second-order valence-corrected chi connectivity index (χ2v) is 2.32. The molecule has 1 aromatic heterocycles. The first kappa shape index (κ1) is 12.0. The van der Waals surface area contributed by atoms with Gasteiger partial charge in [-0.25, -0.2) is 4.98 Å². The van der Waals surface area contributed by atoms with Crippen molar-refractivity contribution in [3.8, 4) is 0 Å². The van der Waals surface area contributed by atoms with E-state index in [4.69, 9.17) is 5.11 Å². The molecule has 1 rings (SSSR count). The van der Waals surface area contributed by atoms with Gasteiger partial charge < -0.3 is 9.67 Å². The molecule has 0 aliphatic heterocycles. The average molecular weight is 196 g/mol. The van der Waals surface area contributed by atoms with Crippen molar-refractivity contribution < 1.29 is 18.3 Å². The largest absolute Gasteiger partial charge is 0.385 e. The van der Waals surface area contributed by atoms with Crippen molar-refractivity contribution in [2.24, 2.45) is 7.05 Å². The number of rotatable bonds is 1. The first-order chi connectivity index (χ1) is 5.95. The van der Waals surface area contributed by atoms with Crippen LogP contribution in [-0.4, -0.2) is 21.3 Å². The Morgan fingerprint density at radius 1 is 1.46 bits per heavy atom. The predicted octanol–water partition coefficient (Wildman–Crippen LogP) is 1.65. The standard InChI is InChI=1S/C6H10N2O.CHF3/c1-5(9)6-7-3-4-8(6)2;2-1(3)4/h3-5,9H,1-2H3;1H. The van der Waals surface area contributed by atoms with Crippen molar-refractivity contribution in [2.45, 2.75) is 19.7 Å². The molecule has 0 bridgehead atoms. The highest BCUT2D eigenvalue weighted by molar-refractivity contribution is 4.93. The number of aliphatic hydroxyl groups excluding tert-OH is 1. The zero-order valence-corrected chi connectivity index (χ0v) is 7.28. The molecule has 0 saturated carbocycles. The lowest BCUT2D eigenvalue weighted by Gasteiger charge is -2.01. The molecular weight excluding hydrogens is 185 g/mol. The Morgan fingerprint density at radius 2 is 1.92 bits per heavy atom. The van der Waals surface area contributed by atoms with E-state index in [1.54, 1.807) is 17.7 Å². The SMILES string of the molecule is CC(O)c1nccn1C.FC(F)F. The van der Waals surface area contributed by atoms with Crippen LogP contribution in [-0.2, 0) is 7.05 Å². The minimum absolute atomic E-state index is 0.468. The third kappa shape index (κ3) is 5.24. The molecule has 13 heavy (non-hydrogen) atoms. The van der Waals surface area contributed by atoms with Gasteiger partial charge >= 0.3 is 6.68 Å². The van der Waals surface area contributed by atoms with Crippen LogP contribution < -0.4 is 0 Å². The van der Waals surface area contributed by atoms with Crippen molar-refractivity contribution in [3.05, 3.63) is 18.2 Å². The van der Waals surface area contributed by atoms with E-state index >= 15 is 0 Å². The Kier molecular flexibility index (Phi) is 5.13. The van der Waals surface area contributed by atoms with Gasteiger partial charge in [-0.3, -0.25) is 0 Å². The van der Waals surface area contributed by atoms with Crippen LogP contribution in [0.4, 0.5) is 13.2 Å². The molecule has 6 heteroatoms. The second kappa shape index (κ2) is 5.58. The maximum atomic E-state index is 9.67. The van der Waals surface area contributed by atoms with Crippen LogP contribution in [0.15, 0.2) is 12.4 Å². The van der Waals surface area contributed by atoms with Crippen molar-refractivity contribution >= 4 is 0 Å². The summed E-state index contributed by atoms with van der Waals surface area (Å²) in [5.41, 5.74) is 0. The van der Waals surface area contributed by atoms with Crippen molar-refractivity contribution in [3.63, 3.8) is 0 Å². The summed E-state index contributed by atoms with van der Waals surface area (Å²) in [6.45, 7) is -1.97. The van der Waals surface area contributed by atoms with Crippen molar-refractivity contribution in [2.75, 3.05) is 0 Å². The average Bonchev–Trinajstić information content (AvgIpc) is 2.33. The van der Waals surface area contributed by atoms with Gasteiger partial charge in [0.1, 0.15) is 11.9 Å². The molecular formula is C7H11F3N2O. The maximum absolute atomic E-state index is 9.67. The number of aliphatic hydroxyl groups is 1. The smallest absolute Gasteiger partial charge is 0.379 e. The molecule has 0 saturated heterocycles.